The highest BCUT2D eigenvalue weighted by Gasteiger charge is 2.17. The van der Waals surface area contributed by atoms with Gasteiger partial charge in [0.2, 0.25) is 0 Å². The van der Waals surface area contributed by atoms with Crippen LogP contribution in [0.5, 0.6) is 0 Å². The molecule has 0 heterocycles. The van der Waals surface area contributed by atoms with Crippen molar-refractivity contribution in [2.75, 3.05) is 19.3 Å². The first-order valence-corrected chi connectivity index (χ1v) is 6.82. The Balaban J connectivity index is 4.03. The fourth-order valence-corrected chi connectivity index (χ4v) is 2.43. The van der Waals surface area contributed by atoms with Gasteiger partial charge >= 0.3 is 0 Å². The van der Waals surface area contributed by atoms with Gasteiger partial charge in [-0.3, -0.25) is 0 Å². The molecule has 1 nitrogen and oxygen atoms in total. The van der Waals surface area contributed by atoms with Gasteiger partial charge in [-0.25, -0.2) is 0 Å². The lowest BCUT2D eigenvalue weighted by Crippen LogP contribution is -2.36. The molecule has 0 aromatic heterocycles. The molecule has 2 heteroatoms. The summed E-state index contributed by atoms with van der Waals surface area (Å²) in [6.07, 6.45) is 1.29. The molecule has 0 spiro atoms. The quantitative estimate of drug-likeness (QED) is 0.656. The average molecular weight is 231 g/mol. The van der Waals surface area contributed by atoms with Crippen molar-refractivity contribution < 1.29 is 0 Å². The van der Waals surface area contributed by atoms with Gasteiger partial charge in [0.15, 0.2) is 0 Å². The van der Waals surface area contributed by atoms with Crippen LogP contribution in [0.2, 0.25) is 0 Å². The summed E-state index contributed by atoms with van der Waals surface area (Å²) in [5.41, 5.74) is 0. The monoisotopic (exact) mass is 231 g/mol. The molecule has 0 bridgehead atoms. The molecule has 0 saturated carbocycles. The largest absolute Gasteiger partial charge is 0.303 e. The highest BCUT2D eigenvalue weighted by molar-refractivity contribution is 7.80. The van der Waals surface area contributed by atoms with Crippen molar-refractivity contribution in [3.63, 3.8) is 0 Å². The Hall–Kier alpha value is 0.310. The summed E-state index contributed by atoms with van der Waals surface area (Å²) in [6, 6.07) is 0.686. The minimum atomic E-state index is 0.686. The molecule has 92 valence electrons. The van der Waals surface area contributed by atoms with Gasteiger partial charge in [-0.15, -0.1) is 0 Å². The first-order valence-electron chi connectivity index (χ1n) is 6.19. The minimum Gasteiger partial charge on any atom is -0.303 e. The highest BCUT2D eigenvalue weighted by atomic mass is 32.1. The van der Waals surface area contributed by atoms with Crippen LogP contribution in [0.4, 0.5) is 0 Å². The van der Waals surface area contributed by atoms with E-state index in [1.54, 1.807) is 0 Å². The normalized spacial score (nSPS) is 16.4. The molecule has 0 aliphatic heterocycles. The van der Waals surface area contributed by atoms with Crippen LogP contribution in [0.25, 0.3) is 0 Å². The van der Waals surface area contributed by atoms with Crippen LogP contribution in [-0.2, 0) is 0 Å². The van der Waals surface area contributed by atoms with Crippen molar-refractivity contribution in [3.05, 3.63) is 0 Å². The van der Waals surface area contributed by atoms with Crippen molar-refractivity contribution in [1.29, 1.82) is 0 Å². The van der Waals surface area contributed by atoms with Crippen LogP contribution in [-0.4, -0.2) is 30.3 Å². The average Bonchev–Trinajstić information content (AvgIpc) is 2.11. The lowest BCUT2D eigenvalue weighted by Gasteiger charge is -2.31. The summed E-state index contributed by atoms with van der Waals surface area (Å²) < 4.78 is 0. The standard InChI is InChI=1S/C13H29NS/c1-10(2)7-12(5)14(6)8-13(9-15)11(3)4/h10-13,15H,7-9H2,1-6H3. The van der Waals surface area contributed by atoms with E-state index in [1.807, 2.05) is 0 Å². The molecule has 0 N–H and O–H groups in total. The zero-order valence-electron chi connectivity index (χ0n) is 11.3. The maximum atomic E-state index is 4.44. The predicted octanol–water partition coefficient (Wildman–Crippen LogP) is 3.55. The topological polar surface area (TPSA) is 3.24 Å². The molecule has 0 radical (unpaired) electrons. The van der Waals surface area contributed by atoms with Gasteiger partial charge in [0.05, 0.1) is 0 Å². The van der Waals surface area contributed by atoms with E-state index in [4.69, 9.17) is 0 Å². The lowest BCUT2D eigenvalue weighted by atomic mass is 9.96. The predicted molar refractivity (Wildman–Crippen MR) is 73.7 cm³/mol. The Labute approximate surface area is 102 Å². The summed E-state index contributed by atoms with van der Waals surface area (Å²) in [4.78, 5) is 2.49. The van der Waals surface area contributed by atoms with Crippen molar-refractivity contribution in [2.45, 2.75) is 47.1 Å². The first-order chi connectivity index (χ1) is 6.88. The third-order valence-electron chi connectivity index (χ3n) is 3.26. The van der Waals surface area contributed by atoms with E-state index in [-0.39, 0.29) is 0 Å². The third kappa shape index (κ3) is 6.47. The van der Waals surface area contributed by atoms with Gasteiger partial charge < -0.3 is 4.90 Å². The third-order valence-corrected chi connectivity index (χ3v) is 3.73. The molecular weight excluding hydrogens is 202 g/mol. The second-order valence-electron chi connectivity index (χ2n) is 5.60. The second-order valence-corrected chi connectivity index (χ2v) is 5.97. The molecule has 0 rings (SSSR count). The van der Waals surface area contributed by atoms with Gasteiger partial charge in [-0.05, 0) is 43.9 Å². The molecule has 0 aliphatic carbocycles. The fourth-order valence-electron chi connectivity index (χ4n) is 1.89. The molecule has 15 heavy (non-hydrogen) atoms. The molecular formula is C13H29NS. The zero-order chi connectivity index (χ0) is 12.0. The number of rotatable bonds is 7. The van der Waals surface area contributed by atoms with Crippen LogP contribution >= 0.6 is 12.6 Å². The van der Waals surface area contributed by atoms with Gasteiger partial charge in [-0.2, -0.15) is 12.6 Å². The highest BCUT2D eigenvalue weighted by Crippen LogP contribution is 2.17. The Morgan fingerprint density at radius 1 is 1.07 bits per heavy atom. The van der Waals surface area contributed by atoms with E-state index in [2.05, 4.69) is 59.2 Å². The summed E-state index contributed by atoms with van der Waals surface area (Å²) in [6.45, 7) is 12.7. The SMILES string of the molecule is CC(C)CC(C)N(C)CC(CS)C(C)C. The van der Waals surface area contributed by atoms with Crippen molar-refractivity contribution in [3.8, 4) is 0 Å². The van der Waals surface area contributed by atoms with Crippen molar-refractivity contribution in [2.24, 2.45) is 17.8 Å². The van der Waals surface area contributed by atoms with Crippen molar-refractivity contribution >= 4 is 12.6 Å². The van der Waals surface area contributed by atoms with Crippen LogP contribution < -0.4 is 0 Å². The maximum Gasteiger partial charge on any atom is 0.00664 e. The maximum absolute atomic E-state index is 4.44. The number of hydrogen-bond acceptors (Lipinski definition) is 2. The number of thiol groups is 1. The van der Waals surface area contributed by atoms with E-state index in [0.717, 1.165) is 17.6 Å². The van der Waals surface area contributed by atoms with Gasteiger partial charge in [0.25, 0.3) is 0 Å². The first kappa shape index (κ1) is 15.3. The molecule has 0 fully saturated rings. The smallest absolute Gasteiger partial charge is 0.00664 e. The van der Waals surface area contributed by atoms with Gasteiger partial charge in [-0.1, -0.05) is 27.7 Å². The van der Waals surface area contributed by atoms with E-state index in [1.165, 1.54) is 13.0 Å². The van der Waals surface area contributed by atoms with E-state index < -0.39 is 0 Å². The van der Waals surface area contributed by atoms with Gasteiger partial charge in [0, 0.05) is 12.6 Å². The van der Waals surface area contributed by atoms with E-state index in [9.17, 15) is 0 Å². The molecule has 2 atom stereocenters. The summed E-state index contributed by atoms with van der Waals surface area (Å²) in [5, 5.41) is 0. The minimum absolute atomic E-state index is 0.686. The molecule has 0 amide bonds. The Bertz CT molecular complexity index is 157. The van der Waals surface area contributed by atoms with E-state index in [0.29, 0.717) is 12.0 Å². The molecule has 0 aromatic rings. The summed E-state index contributed by atoms with van der Waals surface area (Å²) in [7, 11) is 2.24. The summed E-state index contributed by atoms with van der Waals surface area (Å²) >= 11 is 4.44. The van der Waals surface area contributed by atoms with Crippen LogP contribution in [0.3, 0.4) is 0 Å². The zero-order valence-corrected chi connectivity index (χ0v) is 12.2. The second kappa shape index (κ2) is 7.56. The number of hydrogen-bond donors (Lipinski definition) is 1. The van der Waals surface area contributed by atoms with Crippen LogP contribution in [0.15, 0.2) is 0 Å². The van der Waals surface area contributed by atoms with Crippen LogP contribution in [0, 0.1) is 17.8 Å². The molecule has 0 aliphatic rings. The summed E-state index contributed by atoms with van der Waals surface area (Å²) in [5.74, 6) is 3.23. The Morgan fingerprint density at radius 2 is 1.60 bits per heavy atom. The Kier molecular flexibility index (Phi) is 7.72. The van der Waals surface area contributed by atoms with Crippen LogP contribution in [0.1, 0.15) is 41.0 Å². The van der Waals surface area contributed by atoms with Gasteiger partial charge in [0.1, 0.15) is 0 Å². The molecule has 2 unspecified atom stereocenters. The molecule has 0 aromatic carbocycles. The fraction of sp³-hybridized carbons (Fsp3) is 1.00. The molecule has 0 saturated heterocycles. The Morgan fingerprint density at radius 3 is 1.93 bits per heavy atom. The lowest BCUT2D eigenvalue weighted by molar-refractivity contribution is 0.184. The van der Waals surface area contributed by atoms with Crippen molar-refractivity contribution in [1.82, 2.24) is 4.90 Å². The van der Waals surface area contributed by atoms with E-state index >= 15 is 0 Å². The number of nitrogens with zero attached hydrogens (tertiary/aromatic N) is 1.